The number of halogens is 1. The molecule has 2 nitrogen and oxygen atoms in total. The lowest BCUT2D eigenvalue weighted by molar-refractivity contribution is -0.125. The van der Waals surface area contributed by atoms with Crippen LogP contribution in [0.5, 0.6) is 0 Å². The first-order chi connectivity index (χ1) is 8.60. The fourth-order valence-electron chi connectivity index (χ4n) is 3.56. The van der Waals surface area contributed by atoms with Gasteiger partial charge in [-0.05, 0) is 63.7 Å². The van der Waals surface area contributed by atoms with Crippen LogP contribution in [-0.4, -0.2) is 18.5 Å². The van der Waals surface area contributed by atoms with Gasteiger partial charge in [-0.2, -0.15) is 0 Å². The molecule has 2 bridgehead atoms. The maximum absolute atomic E-state index is 11.1. The van der Waals surface area contributed by atoms with Crippen LogP contribution in [0.4, 0.5) is 0 Å². The smallest absolute Gasteiger partial charge is 0.129 e. The highest BCUT2D eigenvalue weighted by Crippen LogP contribution is 2.57. The number of carbonyl (C=O) groups is 2. The van der Waals surface area contributed by atoms with Crippen molar-refractivity contribution in [2.75, 3.05) is 6.38 Å². The maximum atomic E-state index is 11.1. The largest absolute Gasteiger partial charge is 0.303 e. The highest BCUT2D eigenvalue weighted by Gasteiger charge is 2.47. The van der Waals surface area contributed by atoms with Gasteiger partial charge in [0, 0.05) is 18.2 Å². The molecule has 0 atom stereocenters. The van der Waals surface area contributed by atoms with Crippen LogP contribution in [0.25, 0.3) is 0 Å². The number of aldehydes is 1. The van der Waals surface area contributed by atoms with Crippen molar-refractivity contribution in [2.24, 2.45) is 10.8 Å². The van der Waals surface area contributed by atoms with Crippen LogP contribution in [0, 0.1) is 10.8 Å². The van der Waals surface area contributed by atoms with Crippen molar-refractivity contribution in [3.05, 3.63) is 0 Å². The van der Waals surface area contributed by atoms with Crippen LogP contribution >= 0.6 is 11.6 Å². The number of alkyl halides is 1. The lowest BCUT2D eigenvalue weighted by Gasteiger charge is -2.51. The molecule has 3 saturated carbocycles. The van der Waals surface area contributed by atoms with Crippen LogP contribution in [0.1, 0.15) is 64.7 Å². The number of ketones is 1. The van der Waals surface area contributed by atoms with Gasteiger partial charge in [0.1, 0.15) is 12.1 Å². The van der Waals surface area contributed by atoms with Gasteiger partial charge in [-0.25, -0.2) is 0 Å². The minimum atomic E-state index is 0.0440. The van der Waals surface area contributed by atoms with Crippen molar-refractivity contribution in [3.63, 3.8) is 0 Å². The molecule has 3 heteroatoms. The second kappa shape index (κ2) is 6.70. The predicted molar refractivity (Wildman–Crippen MR) is 74.9 cm³/mol. The zero-order chi connectivity index (χ0) is 13.6. The van der Waals surface area contributed by atoms with Crippen molar-refractivity contribution in [3.8, 4) is 0 Å². The Labute approximate surface area is 115 Å². The zero-order valence-corrected chi connectivity index (χ0v) is 12.4. The van der Waals surface area contributed by atoms with Gasteiger partial charge in [-0.3, -0.25) is 0 Å². The first-order valence-corrected chi connectivity index (χ1v) is 7.69. The second-order valence-electron chi connectivity index (χ2n) is 6.04. The van der Waals surface area contributed by atoms with Gasteiger partial charge >= 0.3 is 0 Å². The normalized spacial score (nSPS) is 33.5. The number of rotatable bonds is 5. The molecule has 0 amide bonds. The molecule has 104 valence electrons. The molecule has 0 aromatic rings. The SMILES string of the molecule is CC(=O)CCCC12CCC(C=O)(CC1)CC2.CCl. The van der Waals surface area contributed by atoms with E-state index in [2.05, 4.69) is 11.6 Å². The van der Waals surface area contributed by atoms with Gasteiger partial charge in [-0.1, -0.05) is 0 Å². The molecule has 0 saturated heterocycles. The third-order valence-corrected chi connectivity index (χ3v) is 4.95. The predicted octanol–water partition coefficient (Wildman–Crippen LogP) is 4.14. The van der Waals surface area contributed by atoms with E-state index in [-0.39, 0.29) is 5.41 Å². The fourth-order valence-corrected chi connectivity index (χ4v) is 3.56. The molecular weight excluding hydrogens is 248 g/mol. The minimum absolute atomic E-state index is 0.0440. The van der Waals surface area contributed by atoms with E-state index in [0.29, 0.717) is 11.2 Å². The highest BCUT2D eigenvalue weighted by molar-refractivity contribution is 6.15. The molecule has 3 aliphatic rings. The highest BCUT2D eigenvalue weighted by atomic mass is 35.5. The van der Waals surface area contributed by atoms with Crippen molar-refractivity contribution < 1.29 is 9.59 Å². The van der Waals surface area contributed by atoms with Crippen molar-refractivity contribution >= 4 is 23.7 Å². The third-order valence-electron chi connectivity index (χ3n) is 4.95. The van der Waals surface area contributed by atoms with E-state index < -0.39 is 0 Å². The molecule has 3 rings (SSSR count). The van der Waals surface area contributed by atoms with E-state index in [1.54, 1.807) is 6.92 Å². The first-order valence-electron chi connectivity index (χ1n) is 6.93. The Morgan fingerprint density at radius 2 is 1.61 bits per heavy atom. The molecule has 3 fully saturated rings. The average Bonchev–Trinajstić information content (AvgIpc) is 2.43. The molecule has 0 aliphatic heterocycles. The molecular formula is C15H25ClO2. The Hall–Kier alpha value is -0.370. The van der Waals surface area contributed by atoms with Crippen molar-refractivity contribution in [2.45, 2.75) is 64.7 Å². The molecule has 0 aromatic carbocycles. The quantitative estimate of drug-likeness (QED) is 0.557. The van der Waals surface area contributed by atoms with Crippen LogP contribution in [-0.2, 0) is 9.59 Å². The van der Waals surface area contributed by atoms with Crippen LogP contribution in [0.3, 0.4) is 0 Å². The third kappa shape index (κ3) is 3.57. The summed E-state index contributed by atoms with van der Waals surface area (Å²) < 4.78 is 0. The van der Waals surface area contributed by atoms with E-state index in [9.17, 15) is 9.59 Å². The maximum Gasteiger partial charge on any atom is 0.129 e. The fraction of sp³-hybridized carbons (Fsp3) is 0.867. The molecule has 0 unspecified atom stereocenters. The molecule has 0 N–H and O–H groups in total. The number of hydrogen-bond donors (Lipinski definition) is 0. The molecule has 18 heavy (non-hydrogen) atoms. The topological polar surface area (TPSA) is 34.1 Å². The summed E-state index contributed by atoms with van der Waals surface area (Å²) in [4.78, 5) is 22.0. The Bertz CT molecular complexity index is 274. The number of fused-ring (bicyclic) bond motifs is 3. The van der Waals surface area contributed by atoms with Crippen LogP contribution < -0.4 is 0 Å². The Morgan fingerprint density at radius 3 is 2.00 bits per heavy atom. The monoisotopic (exact) mass is 272 g/mol. The van der Waals surface area contributed by atoms with Crippen LogP contribution in [0.15, 0.2) is 0 Å². The summed E-state index contributed by atoms with van der Waals surface area (Å²) in [5.74, 6) is 0.310. The second-order valence-corrected chi connectivity index (χ2v) is 6.04. The number of carbonyl (C=O) groups excluding carboxylic acids is 2. The summed E-state index contributed by atoms with van der Waals surface area (Å²) in [6.07, 6.45) is 12.6. The molecule has 0 radical (unpaired) electrons. The first kappa shape index (κ1) is 15.7. The van der Waals surface area contributed by atoms with Crippen LogP contribution in [0.2, 0.25) is 0 Å². The minimum Gasteiger partial charge on any atom is -0.303 e. The number of hydrogen-bond acceptors (Lipinski definition) is 2. The molecule has 0 spiro atoms. The van der Waals surface area contributed by atoms with E-state index in [4.69, 9.17) is 0 Å². The van der Waals surface area contributed by atoms with Crippen molar-refractivity contribution in [1.82, 2.24) is 0 Å². The molecule has 3 aliphatic carbocycles. The average molecular weight is 273 g/mol. The Morgan fingerprint density at radius 1 is 1.11 bits per heavy atom. The van der Waals surface area contributed by atoms with Gasteiger partial charge in [0.25, 0.3) is 0 Å². The van der Waals surface area contributed by atoms with E-state index in [0.717, 1.165) is 32.1 Å². The van der Waals surface area contributed by atoms with E-state index in [1.807, 2.05) is 0 Å². The lowest BCUT2D eigenvalue weighted by Crippen LogP contribution is -2.42. The van der Waals surface area contributed by atoms with Gasteiger partial charge < -0.3 is 9.59 Å². The van der Waals surface area contributed by atoms with Crippen molar-refractivity contribution in [1.29, 1.82) is 0 Å². The summed E-state index contributed by atoms with van der Waals surface area (Å²) in [5, 5.41) is 0. The van der Waals surface area contributed by atoms with E-state index >= 15 is 0 Å². The summed E-state index contributed by atoms with van der Waals surface area (Å²) >= 11 is 4.64. The zero-order valence-electron chi connectivity index (χ0n) is 11.6. The summed E-state index contributed by atoms with van der Waals surface area (Å²) in [7, 11) is 0. The van der Waals surface area contributed by atoms with Gasteiger partial charge in [0.15, 0.2) is 0 Å². The summed E-state index contributed by atoms with van der Waals surface area (Å²) in [6, 6.07) is 0. The number of Topliss-reactive ketones (excluding diaryl/α,β-unsaturated/α-hetero) is 1. The van der Waals surface area contributed by atoms with Gasteiger partial charge in [0.2, 0.25) is 0 Å². The standard InChI is InChI=1S/C14H22O2.CH3Cl/c1-12(16)3-2-4-13-5-8-14(11-15,9-6-13)10-7-13;1-2/h11H,2-10H2,1H3;1H3. The summed E-state index contributed by atoms with van der Waals surface area (Å²) in [5.41, 5.74) is 0.530. The lowest BCUT2D eigenvalue weighted by atomic mass is 9.53. The Balaban J connectivity index is 0.000000771. The Kier molecular flexibility index (Phi) is 5.84. The van der Waals surface area contributed by atoms with E-state index in [1.165, 1.54) is 38.4 Å². The molecule has 0 aromatic heterocycles. The van der Waals surface area contributed by atoms with Gasteiger partial charge in [0.05, 0.1) is 0 Å². The van der Waals surface area contributed by atoms with Gasteiger partial charge in [-0.15, -0.1) is 11.6 Å². The molecule has 0 heterocycles. The summed E-state index contributed by atoms with van der Waals surface area (Å²) in [6.45, 7) is 1.68.